The number of esters is 1. The molecule has 1 aliphatic heterocycles. The smallest absolute Gasteiger partial charge is 0.338 e. The first-order chi connectivity index (χ1) is 11.2. The number of ether oxygens (including phenoxy) is 2. The van der Waals surface area contributed by atoms with Gasteiger partial charge >= 0.3 is 5.97 Å². The highest BCUT2D eigenvalue weighted by atomic mass is 16.6. The Morgan fingerprint density at radius 3 is 2.46 bits per heavy atom. The van der Waals surface area contributed by atoms with E-state index in [-0.39, 0.29) is 11.5 Å². The number of nitrogens with two attached hydrogens (primary N) is 1. The molecule has 1 heterocycles. The zero-order chi connectivity index (χ0) is 18.1. The highest BCUT2D eigenvalue weighted by Gasteiger charge is 2.38. The topological polar surface area (TPSA) is 85.3 Å². The second-order valence-corrected chi connectivity index (χ2v) is 6.75. The Hall–Kier alpha value is -2.74. The molecule has 2 rings (SSSR count). The average molecular weight is 326 g/mol. The van der Waals surface area contributed by atoms with Crippen molar-refractivity contribution in [1.82, 2.24) is 0 Å². The highest BCUT2D eigenvalue weighted by Crippen LogP contribution is 2.41. The van der Waals surface area contributed by atoms with Crippen LogP contribution in [0.5, 0.6) is 0 Å². The monoisotopic (exact) mass is 326 g/mol. The fourth-order valence-electron chi connectivity index (χ4n) is 2.70. The van der Waals surface area contributed by atoms with Gasteiger partial charge in [-0.15, -0.1) is 0 Å². The fraction of sp³-hybridized carbons (Fsp3) is 0.368. The van der Waals surface area contributed by atoms with Crippen LogP contribution >= 0.6 is 0 Å². The van der Waals surface area contributed by atoms with E-state index in [9.17, 15) is 10.1 Å². The van der Waals surface area contributed by atoms with Crippen molar-refractivity contribution in [2.75, 3.05) is 0 Å². The van der Waals surface area contributed by atoms with Gasteiger partial charge in [0.2, 0.25) is 5.88 Å². The van der Waals surface area contributed by atoms with Crippen molar-refractivity contribution in [3.63, 3.8) is 0 Å². The van der Waals surface area contributed by atoms with E-state index in [1.165, 1.54) is 0 Å². The van der Waals surface area contributed by atoms with E-state index >= 15 is 0 Å². The maximum absolute atomic E-state index is 12.8. The van der Waals surface area contributed by atoms with Crippen LogP contribution in [0, 0.1) is 18.3 Å². The van der Waals surface area contributed by atoms with E-state index < -0.39 is 17.5 Å². The van der Waals surface area contributed by atoms with Gasteiger partial charge in [0.15, 0.2) is 0 Å². The van der Waals surface area contributed by atoms with Crippen LogP contribution in [0.3, 0.4) is 0 Å². The van der Waals surface area contributed by atoms with Crippen LogP contribution < -0.4 is 5.73 Å². The highest BCUT2D eigenvalue weighted by molar-refractivity contribution is 5.93. The standard InChI is InChI=1S/C19H22N2O3/c1-11-8-6-7-9-13(11)16-14(10-20)17(21)23-12(2)15(16)18(22)24-19(3,4)5/h6-9,16H,21H2,1-5H3/t16-/m0/s1. The number of carbonyl (C=O) groups excluding carboxylic acids is 1. The Labute approximate surface area is 142 Å². The van der Waals surface area contributed by atoms with Gasteiger partial charge in [0.25, 0.3) is 0 Å². The molecule has 1 aromatic rings. The molecule has 2 N–H and O–H groups in total. The second kappa shape index (κ2) is 6.40. The molecule has 0 radical (unpaired) electrons. The molecule has 24 heavy (non-hydrogen) atoms. The van der Waals surface area contributed by atoms with Crippen molar-refractivity contribution in [2.45, 2.75) is 46.1 Å². The van der Waals surface area contributed by atoms with E-state index in [2.05, 4.69) is 6.07 Å². The van der Waals surface area contributed by atoms with E-state index in [0.717, 1.165) is 11.1 Å². The maximum atomic E-state index is 12.8. The largest absolute Gasteiger partial charge is 0.456 e. The molecule has 5 nitrogen and oxygen atoms in total. The first kappa shape index (κ1) is 17.6. The number of allylic oxidation sites excluding steroid dienone is 2. The Bertz CT molecular complexity index is 777. The fourth-order valence-corrected chi connectivity index (χ4v) is 2.70. The number of carbonyl (C=O) groups is 1. The first-order valence-corrected chi connectivity index (χ1v) is 7.73. The minimum atomic E-state index is -0.653. The summed E-state index contributed by atoms with van der Waals surface area (Å²) in [7, 11) is 0. The number of hydrogen-bond acceptors (Lipinski definition) is 5. The lowest BCUT2D eigenvalue weighted by Gasteiger charge is -2.30. The summed E-state index contributed by atoms with van der Waals surface area (Å²) < 4.78 is 11.0. The molecule has 0 aromatic heterocycles. The SMILES string of the molecule is CC1=C(C(=O)OC(C)(C)C)[C@@H](c2ccccc2C)C(C#N)=C(N)O1. The van der Waals surface area contributed by atoms with E-state index in [1.807, 2.05) is 31.2 Å². The molecule has 0 saturated heterocycles. The molecule has 5 heteroatoms. The van der Waals surface area contributed by atoms with Gasteiger partial charge in [0.05, 0.1) is 11.5 Å². The molecular weight excluding hydrogens is 304 g/mol. The van der Waals surface area contributed by atoms with Crippen molar-refractivity contribution in [2.24, 2.45) is 5.73 Å². The van der Waals surface area contributed by atoms with Crippen LogP contribution in [0.1, 0.15) is 44.7 Å². The van der Waals surface area contributed by atoms with E-state index in [1.54, 1.807) is 27.7 Å². The van der Waals surface area contributed by atoms with E-state index in [4.69, 9.17) is 15.2 Å². The van der Waals surface area contributed by atoms with Crippen LogP contribution in [-0.2, 0) is 14.3 Å². The van der Waals surface area contributed by atoms with E-state index in [0.29, 0.717) is 11.3 Å². The summed E-state index contributed by atoms with van der Waals surface area (Å²) in [6.07, 6.45) is 0. The Morgan fingerprint density at radius 2 is 1.92 bits per heavy atom. The zero-order valence-electron chi connectivity index (χ0n) is 14.6. The van der Waals surface area contributed by atoms with Gasteiger partial charge in [-0.25, -0.2) is 4.79 Å². The molecule has 1 atom stereocenters. The van der Waals surface area contributed by atoms with Gasteiger partial charge in [0.1, 0.15) is 23.0 Å². The molecule has 0 bridgehead atoms. The molecular formula is C19H22N2O3. The quantitative estimate of drug-likeness (QED) is 0.842. The van der Waals surface area contributed by atoms with Gasteiger partial charge in [-0.3, -0.25) is 0 Å². The summed E-state index contributed by atoms with van der Waals surface area (Å²) in [6.45, 7) is 8.97. The van der Waals surface area contributed by atoms with Gasteiger partial charge in [-0.1, -0.05) is 24.3 Å². The van der Waals surface area contributed by atoms with Gasteiger partial charge in [0, 0.05) is 0 Å². The van der Waals surface area contributed by atoms with Gasteiger partial charge in [-0.05, 0) is 45.7 Å². The summed E-state index contributed by atoms with van der Waals surface area (Å²) >= 11 is 0. The number of aryl methyl sites for hydroxylation is 1. The van der Waals surface area contributed by atoms with Crippen molar-refractivity contribution in [3.05, 3.63) is 58.2 Å². The summed E-state index contributed by atoms with van der Waals surface area (Å²) in [5.41, 5.74) is 7.56. The third-order valence-electron chi connectivity index (χ3n) is 3.72. The number of nitriles is 1. The number of hydrogen-bond donors (Lipinski definition) is 1. The molecule has 0 amide bonds. The molecule has 0 fully saturated rings. The lowest BCUT2D eigenvalue weighted by atomic mass is 9.81. The predicted molar refractivity (Wildman–Crippen MR) is 90.4 cm³/mol. The minimum Gasteiger partial charge on any atom is -0.456 e. The number of rotatable bonds is 2. The molecule has 126 valence electrons. The normalized spacial score (nSPS) is 18.1. The van der Waals surface area contributed by atoms with Crippen molar-refractivity contribution >= 4 is 5.97 Å². The summed E-state index contributed by atoms with van der Waals surface area (Å²) in [6, 6.07) is 9.67. The molecule has 1 aromatic carbocycles. The Morgan fingerprint density at radius 1 is 1.29 bits per heavy atom. The van der Waals surface area contributed by atoms with Gasteiger partial charge in [-0.2, -0.15) is 5.26 Å². The van der Waals surface area contributed by atoms with Crippen molar-refractivity contribution in [1.29, 1.82) is 5.26 Å². The van der Waals surface area contributed by atoms with Crippen LogP contribution in [-0.4, -0.2) is 11.6 Å². The number of nitrogens with zero attached hydrogens (tertiary/aromatic N) is 1. The third-order valence-corrected chi connectivity index (χ3v) is 3.72. The van der Waals surface area contributed by atoms with Gasteiger partial charge < -0.3 is 15.2 Å². The first-order valence-electron chi connectivity index (χ1n) is 7.73. The molecule has 0 spiro atoms. The third kappa shape index (κ3) is 3.43. The minimum absolute atomic E-state index is 0.0237. The Kier molecular flexibility index (Phi) is 4.70. The molecule has 0 aliphatic carbocycles. The van der Waals surface area contributed by atoms with Crippen LogP contribution in [0.4, 0.5) is 0 Å². The van der Waals surface area contributed by atoms with Crippen molar-refractivity contribution < 1.29 is 14.3 Å². The molecule has 0 saturated carbocycles. The maximum Gasteiger partial charge on any atom is 0.338 e. The predicted octanol–water partition coefficient (Wildman–Crippen LogP) is 3.42. The second-order valence-electron chi connectivity index (χ2n) is 6.75. The summed E-state index contributed by atoms with van der Waals surface area (Å²) in [4.78, 5) is 12.8. The van der Waals surface area contributed by atoms with Crippen LogP contribution in [0.2, 0.25) is 0 Å². The van der Waals surface area contributed by atoms with Crippen LogP contribution in [0.15, 0.2) is 47.1 Å². The summed E-state index contributed by atoms with van der Waals surface area (Å²) in [5.74, 6) is -0.724. The summed E-state index contributed by atoms with van der Waals surface area (Å²) in [5, 5.41) is 9.56. The lowest BCUT2D eigenvalue weighted by Crippen LogP contribution is -2.30. The average Bonchev–Trinajstić information content (AvgIpc) is 2.45. The lowest BCUT2D eigenvalue weighted by molar-refractivity contribution is -0.150. The van der Waals surface area contributed by atoms with Crippen LogP contribution in [0.25, 0.3) is 0 Å². The molecule has 0 unspecified atom stereocenters. The molecule has 1 aliphatic rings. The number of benzene rings is 1. The Balaban J connectivity index is 2.62. The zero-order valence-corrected chi connectivity index (χ0v) is 14.6. The van der Waals surface area contributed by atoms with Crippen molar-refractivity contribution in [3.8, 4) is 6.07 Å².